The standard InChI is InChI=1S/C23H26N4O4/c1-29-19-6-3-15(10-20(19)30-2)17-11-18-22(27(13-25-18)16-4-5-16)23(26-17)31-8-7-14-9-21(28)24-12-14/h3,6,10-11,13-14,16H,4-5,7-9,12H2,1-2H3,(H,24,28)/t14-/m1/s1. The molecular formula is C23H26N4O4. The molecule has 1 aromatic carbocycles. The zero-order valence-corrected chi connectivity index (χ0v) is 17.8. The number of fused-ring (bicyclic) bond motifs is 1. The lowest BCUT2D eigenvalue weighted by molar-refractivity contribution is -0.119. The lowest BCUT2D eigenvalue weighted by Gasteiger charge is -2.13. The van der Waals surface area contributed by atoms with Crippen LogP contribution in [0.2, 0.25) is 0 Å². The molecule has 0 bridgehead atoms. The van der Waals surface area contributed by atoms with Crippen molar-refractivity contribution in [2.24, 2.45) is 5.92 Å². The minimum Gasteiger partial charge on any atom is -0.493 e. The van der Waals surface area contributed by atoms with Gasteiger partial charge in [0.2, 0.25) is 11.8 Å². The number of rotatable bonds is 8. The van der Waals surface area contributed by atoms with Crippen molar-refractivity contribution in [3.63, 3.8) is 0 Å². The third kappa shape index (κ3) is 3.89. The first-order valence-corrected chi connectivity index (χ1v) is 10.7. The van der Waals surface area contributed by atoms with Gasteiger partial charge >= 0.3 is 0 Å². The van der Waals surface area contributed by atoms with Crippen molar-refractivity contribution in [2.45, 2.75) is 31.7 Å². The number of aromatic nitrogens is 3. The molecule has 1 aliphatic heterocycles. The van der Waals surface area contributed by atoms with Gasteiger partial charge in [0, 0.05) is 24.6 Å². The van der Waals surface area contributed by atoms with Crippen LogP contribution in [-0.2, 0) is 4.79 Å². The molecule has 1 amide bonds. The minimum absolute atomic E-state index is 0.118. The predicted molar refractivity (Wildman–Crippen MR) is 116 cm³/mol. The van der Waals surface area contributed by atoms with Crippen LogP contribution in [0.15, 0.2) is 30.6 Å². The normalized spacial score (nSPS) is 18.3. The number of amides is 1. The molecule has 1 saturated heterocycles. The Kier molecular flexibility index (Phi) is 5.13. The number of pyridine rings is 1. The van der Waals surface area contributed by atoms with Crippen LogP contribution in [0, 0.1) is 5.92 Å². The Morgan fingerprint density at radius 2 is 2.00 bits per heavy atom. The molecule has 0 unspecified atom stereocenters. The van der Waals surface area contributed by atoms with E-state index >= 15 is 0 Å². The number of nitrogens with one attached hydrogen (secondary N) is 1. The second-order valence-corrected chi connectivity index (χ2v) is 8.14. The van der Waals surface area contributed by atoms with Crippen LogP contribution in [0.25, 0.3) is 22.3 Å². The second-order valence-electron chi connectivity index (χ2n) is 8.14. The highest BCUT2D eigenvalue weighted by Gasteiger charge is 2.28. The van der Waals surface area contributed by atoms with E-state index in [1.165, 1.54) is 0 Å². The highest BCUT2D eigenvalue weighted by Crippen LogP contribution is 2.40. The quantitative estimate of drug-likeness (QED) is 0.599. The van der Waals surface area contributed by atoms with Gasteiger partial charge in [0.25, 0.3) is 0 Å². The van der Waals surface area contributed by atoms with Crippen molar-refractivity contribution in [1.82, 2.24) is 19.9 Å². The lowest BCUT2D eigenvalue weighted by Crippen LogP contribution is -2.14. The fourth-order valence-corrected chi connectivity index (χ4v) is 4.09. The second kappa shape index (κ2) is 8.09. The molecule has 5 rings (SSSR count). The number of nitrogens with zero attached hydrogens (tertiary/aromatic N) is 3. The summed E-state index contributed by atoms with van der Waals surface area (Å²) in [6.07, 6.45) is 5.56. The summed E-state index contributed by atoms with van der Waals surface area (Å²) in [7, 11) is 3.23. The van der Waals surface area contributed by atoms with Gasteiger partial charge in [0.1, 0.15) is 5.52 Å². The zero-order chi connectivity index (χ0) is 21.4. The van der Waals surface area contributed by atoms with Crippen LogP contribution in [0.4, 0.5) is 0 Å². The fraction of sp³-hybridized carbons (Fsp3) is 0.435. The van der Waals surface area contributed by atoms with Gasteiger partial charge in [0.05, 0.1) is 38.4 Å². The van der Waals surface area contributed by atoms with Crippen molar-refractivity contribution in [3.05, 3.63) is 30.6 Å². The summed E-state index contributed by atoms with van der Waals surface area (Å²) in [5.74, 6) is 2.33. The summed E-state index contributed by atoms with van der Waals surface area (Å²) >= 11 is 0. The largest absolute Gasteiger partial charge is 0.493 e. The number of benzene rings is 1. The van der Waals surface area contributed by atoms with Crippen LogP contribution in [-0.4, -0.2) is 47.8 Å². The van der Waals surface area contributed by atoms with Crippen LogP contribution in [0.5, 0.6) is 17.4 Å². The summed E-state index contributed by atoms with van der Waals surface area (Å²) in [5.41, 5.74) is 3.46. The molecule has 1 atom stereocenters. The Morgan fingerprint density at radius 1 is 1.16 bits per heavy atom. The maximum Gasteiger partial charge on any atom is 0.240 e. The van der Waals surface area contributed by atoms with E-state index in [9.17, 15) is 4.79 Å². The van der Waals surface area contributed by atoms with E-state index in [0.717, 1.165) is 48.1 Å². The van der Waals surface area contributed by atoms with Crippen molar-refractivity contribution >= 4 is 16.9 Å². The molecule has 31 heavy (non-hydrogen) atoms. The van der Waals surface area contributed by atoms with E-state index < -0.39 is 0 Å². The first kappa shape index (κ1) is 19.7. The van der Waals surface area contributed by atoms with Gasteiger partial charge in [0.15, 0.2) is 11.5 Å². The summed E-state index contributed by atoms with van der Waals surface area (Å²) < 4.78 is 19.2. The Bertz CT molecular complexity index is 1120. The van der Waals surface area contributed by atoms with Gasteiger partial charge in [-0.05, 0) is 49.4 Å². The lowest BCUT2D eigenvalue weighted by atomic mass is 10.1. The smallest absolute Gasteiger partial charge is 0.240 e. The van der Waals surface area contributed by atoms with Crippen LogP contribution in [0.1, 0.15) is 31.7 Å². The van der Waals surface area contributed by atoms with E-state index in [1.54, 1.807) is 14.2 Å². The summed E-state index contributed by atoms with van der Waals surface area (Å²) in [6, 6.07) is 8.19. The molecule has 2 aromatic heterocycles. The predicted octanol–water partition coefficient (Wildman–Crippen LogP) is 3.36. The van der Waals surface area contributed by atoms with Crippen molar-refractivity contribution in [2.75, 3.05) is 27.4 Å². The number of carbonyl (C=O) groups excluding carboxylic acids is 1. The maximum atomic E-state index is 11.5. The zero-order valence-electron chi connectivity index (χ0n) is 17.8. The van der Waals surface area contributed by atoms with E-state index in [2.05, 4.69) is 14.9 Å². The molecule has 2 aliphatic rings. The molecule has 1 saturated carbocycles. The van der Waals surface area contributed by atoms with Crippen molar-refractivity contribution < 1.29 is 19.0 Å². The molecule has 162 valence electrons. The Morgan fingerprint density at radius 3 is 2.71 bits per heavy atom. The molecule has 1 N–H and O–H groups in total. The van der Waals surface area contributed by atoms with Gasteiger partial charge in [-0.25, -0.2) is 9.97 Å². The van der Waals surface area contributed by atoms with Crippen molar-refractivity contribution in [3.8, 4) is 28.6 Å². The van der Waals surface area contributed by atoms with Crippen molar-refractivity contribution in [1.29, 1.82) is 0 Å². The van der Waals surface area contributed by atoms with Gasteiger partial charge in [-0.3, -0.25) is 4.79 Å². The first-order valence-electron chi connectivity index (χ1n) is 10.7. The molecule has 2 fully saturated rings. The summed E-state index contributed by atoms with van der Waals surface area (Å²) in [4.78, 5) is 21.0. The van der Waals surface area contributed by atoms with E-state index in [-0.39, 0.29) is 5.91 Å². The highest BCUT2D eigenvalue weighted by atomic mass is 16.5. The molecule has 8 nitrogen and oxygen atoms in total. The van der Waals surface area contributed by atoms with Gasteiger partial charge in [-0.15, -0.1) is 0 Å². The number of hydrogen-bond acceptors (Lipinski definition) is 6. The minimum atomic E-state index is 0.118. The molecule has 3 aromatic rings. The van der Waals surface area contributed by atoms with Crippen LogP contribution < -0.4 is 19.5 Å². The molecule has 1 aliphatic carbocycles. The van der Waals surface area contributed by atoms with Gasteiger partial charge in [-0.1, -0.05) is 0 Å². The number of methoxy groups -OCH3 is 2. The number of imidazole rings is 1. The SMILES string of the molecule is COc1ccc(-c2cc3ncn(C4CC4)c3c(OCC[C@H]3CNC(=O)C3)n2)cc1OC. The molecular weight excluding hydrogens is 396 g/mol. The molecule has 0 radical (unpaired) electrons. The Hall–Kier alpha value is -3.29. The van der Waals surface area contributed by atoms with Crippen LogP contribution in [0.3, 0.4) is 0 Å². The average Bonchev–Trinajstić information content (AvgIpc) is 3.41. The Labute approximate surface area is 180 Å². The molecule has 3 heterocycles. The van der Waals surface area contributed by atoms with Gasteiger partial charge in [-0.2, -0.15) is 0 Å². The molecule has 8 heteroatoms. The van der Waals surface area contributed by atoms with E-state index in [0.29, 0.717) is 42.4 Å². The number of hydrogen-bond donors (Lipinski definition) is 1. The fourth-order valence-electron chi connectivity index (χ4n) is 4.09. The topological polar surface area (TPSA) is 87.5 Å². The number of carbonyl (C=O) groups is 1. The van der Waals surface area contributed by atoms with Crippen LogP contribution >= 0.6 is 0 Å². The van der Waals surface area contributed by atoms with E-state index in [1.807, 2.05) is 30.6 Å². The molecule has 0 spiro atoms. The first-order chi connectivity index (χ1) is 15.2. The summed E-state index contributed by atoms with van der Waals surface area (Å²) in [5, 5.41) is 2.88. The summed E-state index contributed by atoms with van der Waals surface area (Å²) in [6.45, 7) is 1.23. The van der Waals surface area contributed by atoms with Gasteiger partial charge < -0.3 is 24.1 Å². The number of ether oxygens (including phenoxy) is 3. The average molecular weight is 422 g/mol. The maximum absolute atomic E-state index is 11.5. The Balaban J connectivity index is 1.48. The highest BCUT2D eigenvalue weighted by molar-refractivity contribution is 5.85. The van der Waals surface area contributed by atoms with E-state index in [4.69, 9.17) is 19.2 Å². The third-order valence-corrected chi connectivity index (χ3v) is 5.97. The monoisotopic (exact) mass is 422 g/mol. The third-order valence-electron chi connectivity index (χ3n) is 5.97.